The van der Waals surface area contributed by atoms with Crippen LogP contribution in [-0.4, -0.2) is 64.0 Å². The topological polar surface area (TPSA) is 108 Å². The normalized spacial score (nSPS) is 18.1. The van der Waals surface area contributed by atoms with Crippen molar-refractivity contribution in [3.8, 4) is 0 Å². The molecule has 152 valence electrons. The number of nitro benzene ring substituents is 1. The average Bonchev–Trinajstić information content (AvgIpc) is 3.10. The minimum absolute atomic E-state index is 0.0458. The summed E-state index contributed by atoms with van der Waals surface area (Å²) in [5.41, 5.74) is 0.238. The van der Waals surface area contributed by atoms with E-state index in [1.54, 1.807) is 14.0 Å². The lowest BCUT2D eigenvalue weighted by atomic mass is 10.2. The number of benzene rings is 1. The monoisotopic (exact) mass is 402 g/mol. The molecule has 1 aliphatic rings. The second kappa shape index (κ2) is 10.1. The van der Waals surface area contributed by atoms with Crippen LogP contribution in [0.25, 0.3) is 0 Å². The Morgan fingerprint density at radius 3 is 2.70 bits per heavy atom. The predicted octanol–water partition coefficient (Wildman–Crippen LogP) is 2.08. The number of rotatable bonds is 11. The predicted molar refractivity (Wildman–Crippen MR) is 98.0 cm³/mol. The molecule has 9 nitrogen and oxygen atoms in total. The van der Waals surface area contributed by atoms with E-state index in [4.69, 9.17) is 14.2 Å². The Morgan fingerprint density at radius 2 is 2.00 bits per heavy atom. The summed E-state index contributed by atoms with van der Waals surface area (Å²) in [6.07, 6.45) is 2.03. The van der Waals surface area contributed by atoms with E-state index in [9.17, 15) is 18.5 Å². The summed E-state index contributed by atoms with van der Waals surface area (Å²) >= 11 is 0. The highest BCUT2D eigenvalue weighted by Gasteiger charge is 2.35. The van der Waals surface area contributed by atoms with Gasteiger partial charge in [-0.1, -0.05) is 6.07 Å². The molecule has 0 aliphatic carbocycles. The molecule has 1 heterocycles. The first kappa shape index (κ1) is 21.7. The van der Waals surface area contributed by atoms with Gasteiger partial charge in [0.25, 0.3) is 5.69 Å². The third-order valence-electron chi connectivity index (χ3n) is 4.50. The number of nitrogens with zero attached hydrogens (tertiary/aromatic N) is 2. The van der Waals surface area contributed by atoms with Gasteiger partial charge in [-0.15, -0.1) is 0 Å². The maximum absolute atomic E-state index is 13.0. The lowest BCUT2D eigenvalue weighted by Crippen LogP contribution is -2.36. The molecular formula is C17H26N2O7S. The van der Waals surface area contributed by atoms with E-state index >= 15 is 0 Å². The van der Waals surface area contributed by atoms with Gasteiger partial charge < -0.3 is 14.2 Å². The first-order chi connectivity index (χ1) is 12.9. The Bertz CT molecular complexity index is 739. The molecule has 0 saturated carbocycles. The fraction of sp³-hybridized carbons (Fsp3) is 0.647. The zero-order chi connectivity index (χ0) is 19.9. The molecule has 0 radical (unpaired) electrons. The van der Waals surface area contributed by atoms with Gasteiger partial charge >= 0.3 is 0 Å². The lowest BCUT2D eigenvalue weighted by Gasteiger charge is -2.24. The van der Waals surface area contributed by atoms with Crippen LogP contribution in [0.1, 0.15) is 24.8 Å². The number of hydrogen-bond donors (Lipinski definition) is 0. The number of nitro groups is 1. The molecular weight excluding hydrogens is 376 g/mol. The van der Waals surface area contributed by atoms with Crippen LogP contribution >= 0.6 is 0 Å². The van der Waals surface area contributed by atoms with Gasteiger partial charge in [0.2, 0.25) is 10.0 Å². The SMILES string of the molecule is COCCOCOCCC1CCCN1S(=O)(=O)c1ccc(C)c([N+](=O)[O-])c1. The lowest BCUT2D eigenvalue weighted by molar-refractivity contribution is -0.385. The van der Waals surface area contributed by atoms with E-state index in [2.05, 4.69) is 0 Å². The van der Waals surface area contributed by atoms with Gasteiger partial charge in [0, 0.05) is 31.3 Å². The highest BCUT2D eigenvalue weighted by atomic mass is 32.2. The highest BCUT2D eigenvalue weighted by molar-refractivity contribution is 7.89. The Kier molecular flexibility index (Phi) is 8.11. The molecule has 1 atom stereocenters. The van der Waals surface area contributed by atoms with Crippen molar-refractivity contribution in [1.82, 2.24) is 4.31 Å². The third-order valence-corrected chi connectivity index (χ3v) is 6.45. The second-order valence-corrected chi connectivity index (χ2v) is 8.22. The van der Waals surface area contributed by atoms with Crippen LogP contribution in [0.15, 0.2) is 23.1 Å². The van der Waals surface area contributed by atoms with E-state index in [1.807, 2.05) is 0 Å². The summed E-state index contributed by atoms with van der Waals surface area (Å²) in [7, 11) is -2.20. The number of sulfonamides is 1. The van der Waals surface area contributed by atoms with E-state index in [1.165, 1.54) is 16.4 Å². The first-order valence-electron chi connectivity index (χ1n) is 8.79. The Hall–Kier alpha value is -1.59. The van der Waals surface area contributed by atoms with Crippen molar-refractivity contribution in [3.05, 3.63) is 33.9 Å². The molecule has 1 fully saturated rings. The van der Waals surface area contributed by atoms with Gasteiger partial charge in [-0.25, -0.2) is 8.42 Å². The molecule has 0 bridgehead atoms. The molecule has 0 amide bonds. The number of ether oxygens (including phenoxy) is 3. The van der Waals surface area contributed by atoms with Gasteiger partial charge in [-0.3, -0.25) is 10.1 Å². The Morgan fingerprint density at radius 1 is 1.26 bits per heavy atom. The van der Waals surface area contributed by atoms with Gasteiger partial charge in [0.05, 0.1) is 29.6 Å². The maximum Gasteiger partial charge on any atom is 0.273 e. The summed E-state index contributed by atoms with van der Waals surface area (Å²) in [6, 6.07) is 3.85. The fourth-order valence-electron chi connectivity index (χ4n) is 3.03. The van der Waals surface area contributed by atoms with Crippen molar-refractivity contribution in [2.75, 3.05) is 40.3 Å². The van der Waals surface area contributed by atoms with Gasteiger partial charge in [-0.05, 0) is 32.3 Å². The van der Waals surface area contributed by atoms with Crippen molar-refractivity contribution >= 4 is 15.7 Å². The van der Waals surface area contributed by atoms with Crippen molar-refractivity contribution in [3.63, 3.8) is 0 Å². The standard InChI is InChI=1S/C17H26N2O7S/c1-14-5-6-16(12-17(14)19(20)21)27(22,23)18-8-3-4-15(18)7-9-25-13-26-11-10-24-2/h5-6,12,15H,3-4,7-11,13H2,1-2H3. The maximum atomic E-state index is 13.0. The number of hydrogen-bond acceptors (Lipinski definition) is 7. The minimum atomic E-state index is -3.79. The van der Waals surface area contributed by atoms with Crippen molar-refractivity contribution in [2.45, 2.75) is 37.1 Å². The largest absolute Gasteiger partial charge is 0.382 e. The quantitative estimate of drug-likeness (QED) is 0.241. The van der Waals surface area contributed by atoms with Crippen LogP contribution in [0.4, 0.5) is 5.69 Å². The fourth-order valence-corrected chi connectivity index (χ4v) is 4.78. The minimum Gasteiger partial charge on any atom is -0.382 e. The van der Waals surface area contributed by atoms with Gasteiger partial charge in [0.1, 0.15) is 6.79 Å². The summed E-state index contributed by atoms with van der Waals surface area (Å²) < 4.78 is 42.8. The van der Waals surface area contributed by atoms with Crippen LogP contribution in [0, 0.1) is 17.0 Å². The summed E-state index contributed by atoms with van der Waals surface area (Å²) in [5.74, 6) is 0. The van der Waals surface area contributed by atoms with Crippen LogP contribution in [0.2, 0.25) is 0 Å². The Labute approximate surface area is 159 Å². The van der Waals surface area contributed by atoms with Crippen molar-refractivity contribution in [2.24, 2.45) is 0 Å². The van der Waals surface area contributed by atoms with E-state index in [0.29, 0.717) is 38.3 Å². The van der Waals surface area contributed by atoms with Gasteiger partial charge in [-0.2, -0.15) is 4.31 Å². The van der Waals surface area contributed by atoms with E-state index < -0.39 is 14.9 Å². The van der Waals surface area contributed by atoms with Crippen LogP contribution in [-0.2, 0) is 24.2 Å². The molecule has 10 heteroatoms. The summed E-state index contributed by atoms with van der Waals surface area (Å²) in [5, 5.41) is 11.1. The molecule has 1 aromatic rings. The highest BCUT2D eigenvalue weighted by Crippen LogP contribution is 2.30. The third kappa shape index (κ3) is 5.69. The van der Waals surface area contributed by atoms with E-state index in [0.717, 1.165) is 18.9 Å². The van der Waals surface area contributed by atoms with Crippen LogP contribution in [0.5, 0.6) is 0 Å². The number of methoxy groups -OCH3 is 1. The van der Waals surface area contributed by atoms with Crippen molar-refractivity contribution < 1.29 is 27.6 Å². The molecule has 0 spiro atoms. The summed E-state index contributed by atoms with van der Waals surface area (Å²) in [6.45, 7) is 3.41. The van der Waals surface area contributed by atoms with E-state index in [-0.39, 0.29) is 23.4 Å². The second-order valence-electron chi connectivity index (χ2n) is 6.33. The molecule has 0 aromatic heterocycles. The summed E-state index contributed by atoms with van der Waals surface area (Å²) in [4.78, 5) is 10.5. The first-order valence-corrected chi connectivity index (χ1v) is 10.2. The zero-order valence-corrected chi connectivity index (χ0v) is 16.4. The Balaban J connectivity index is 1.98. The van der Waals surface area contributed by atoms with Gasteiger partial charge in [0.15, 0.2) is 0 Å². The zero-order valence-electron chi connectivity index (χ0n) is 15.6. The molecule has 1 aliphatic heterocycles. The van der Waals surface area contributed by atoms with Crippen LogP contribution < -0.4 is 0 Å². The van der Waals surface area contributed by atoms with Crippen LogP contribution in [0.3, 0.4) is 0 Å². The molecule has 1 aromatic carbocycles. The molecule has 1 unspecified atom stereocenters. The average molecular weight is 402 g/mol. The molecule has 27 heavy (non-hydrogen) atoms. The molecule has 0 N–H and O–H groups in total. The smallest absolute Gasteiger partial charge is 0.273 e. The molecule has 2 rings (SSSR count). The van der Waals surface area contributed by atoms with Crippen molar-refractivity contribution in [1.29, 1.82) is 0 Å². The molecule has 1 saturated heterocycles. The number of aryl methyl sites for hydroxylation is 1.